The smallest absolute Gasteiger partial charge is 0.213 e. The van der Waals surface area contributed by atoms with Gasteiger partial charge in [0.25, 0.3) is 0 Å². The molecule has 0 atom stereocenters. The summed E-state index contributed by atoms with van der Waals surface area (Å²) in [6, 6.07) is 8.43. The fourth-order valence-corrected chi connectivity index (χ4v) is 3.14. The molecular weight excluding hydrogens is 324 g/mol. The monoisotopic (exact) mass is 354 g/mol. The molecule has 24 heavy (non-hydrogen) atoms. The zero-order valence-electron chi connectivity index (χ0n) is 15.4. The number of nitrogens with zero attached hydrogens (tertiary/aromatic N) is 3. The van der Waals surface area contributed by atoms with E-state index in [-0.39, 0.29) is 5.75 Å². The van der Waals surface area contributed by atoms with Crippen molar-refractivity contribution in [3.8, 4) is 0 Å². The van der Waals surface area contributed by atoms with Crippen LogP contribution in [0.5, 0.6) is 0 Å². The van der Waals surface area contributed by atoms with Crippen LogP contribution in [0.3, 0.4) is 0 Å². The topological polar surface area (TPSA) is 65.0 Å². The van der Waals surface area contributed by atoms with Crippen LogP contribution in [0.15, 0.2) is 29.3 Å². The molecule has 0 aliphatic heterocycles. The number of rotatable bonds is 8. The molecule has 0 spiro atoms. The summed E-state index contributed by atoms with van der Waals surface area (Å²) >= 11 is 0. The fourth-order valence-electron chi connectivity index (χ4n) is 2.29. The molecule has 0 amide bonds. The SMILES string of the molecule is CCS(=O)(=O)N(C)CCCNC(=NC)N(C)Cc1ccc(C)cc1. The van der Waals surface area contributed by atoms with Gasteiger partial charge in [0, 0.05) is 40.8 Å². The van der Waals surface area contributed by atoms with Gasteiger partial charge < -0.3 is 10.2 Å². The second kappa shape index (κ2) is 9.64. The van der Waals surface area contributed by atoms with Crippen molar-refractivity contribution in [3.63, 3.8) is 0 Å². The van der Waals surface area contributed by atoms with Crippen molar-refractivity contribution in [2.24, 2.45) is 4.99 Å². The number of hydrogen-bond donors (Lipinski definition) is 1. The molecule has 7 heteroatoms. The molecule has 1 aromatic carbocycles. The van der Waals surface area contributed by atoms with Crippen LogP contribution in [0.1, 0.15) is 24.5 Å². The third-order valence-electron chi connectivity index (χ3n) is 3.89. The Morgan fingerprint density at radius 1 is 1.21 bits per heavy atom. The van der Waals surface area contributed by atoms with E-state index in [1.807, 2.05) is 7.05 Å². The maximum Gasteiger partial charge on any atom is 0.213 e. The van der Waals surface area contributed by atoms with E-state index in [4.69, 9.17) is 0 Å². The summed E-state index contributed by atoms with van der Waals surface area (Å²) in [6.07, 6.45) is 0.729. The maximum absolute atomic E-state index is 11.7. The first-order valence-electron chi connectivity index (χ1n) is 8.21. The highest BCUT2D eigenvalue weighted by molar-refractivity contribution is 7.89. The molecule has 0 fully saturated rings. The Morgan fingerprint density at radius 2 is 1.83 bits per heavy atom. The standard InChI is InChI=1S/C17H30N4O2S/c1-6-24(22,23)21(5)13-7-12-19-17(18-3)20(4)14-16-10-8-15(2)9-11-16/h8-11H,6-7,12-14H2,1-5H3,(H,18,19). The van der Waals surface area contributed by atoms with Gasteiger partial charge in [-0.15, -0.1) is 0 Å². The molecule has 0 bridgehead atoms. The Morgan fingerprint density at radius 3 is 2.38 bits per heavy atom. The van der Waals surface area contributed by atoms with Gasteiger partial charge in [-0.1, -0.05) is 29.8 Å². The predicted molar refractivity (Wildman–Crippen MR) is 101 cm³/mol. The summed E-state index contributed by atoms with van der Waals surface area (Å²) in [7, 11) is 2.26. The van der Waals surface area contributed by atoms with E-state index >= 15 is 0 Å². The first-order chi connectivity index (χ1) is 11.3. The predicted octanol–water partition coefficient (Wildman–Crippen LogP) is 1.67. The second-order valence-electron chi connectivity index (χ2n) is 5.89. The largest absolute Gasteiger partial charge is 0.356 e. The number of guanidine groups is 1. The third-order valence-corrected chi connectivity index (χ3v) is 5.75. The third kappa shape index (κ3) is 6.49. The summed E-state index contributed by atoms with van der Waals surface area (Å²) in [5, 5.41) is 3.28. The van der Waals surface area contributed by atoms with Gasteiger partial charge in [0.15, 0.2) is 5.96 Å². The molecule has 0 aromatic heterocycles. The highest BCUT2D eigenvalue weighted by Crippen LogP contribution is 2.06. The quantitative estimate of drug-likeness (QED) is 0.438. The Balaban J connectivity index is 2.43. The van der Waals surface area contributed by atoms with Crippen molar-refractivity contribution in [1.82, 2.24) is 14.5 Å². The van der Waals surface area contributed by atoms with Gasteiger partial charge in [-0.25, -0.2) is 12.7 Å². The van der Waals surface area contributed by atoms with Gasteiger partial charge in [0.05, 0.1) is 5.75 Å². The first kappa shape index (κ1) is 20.4. The van der Waals surface area contributed by atoms with Crippen molar-refractivity contribution in [2.45, 2.75) is 26.8 Å². The summed E-state index contributed by atoms with van der Waals surface area (Å²) < 4.78 is 24.8. The minimum absolute atomic E-state index is 0.137. The molecule has 6 nitrogen and oxygen atoms in total. The van der Waals surface area contributed by atoms with Crippen molar-refractivity contribution in [3.05, 3.63) is 35.4 Å². The van der Waals surface area contributed by atoms with Crippen molar-refractivity contribution < 1.29 is 8.42 Å². The number of nitrogens with one attached hydrogen (secondary N) is 1. The number of sulfonamides is 1. The molecule has 0 unspecified atom stereocenters. The lowest BCUT2D eigenvalue weighted by Gasteiger charge is -2.23. The lowest BCUT2D eigenvalue weighted by molar-refractivity contribution is 0.450. The van der Waals surface area contributed by atoms with E-state index in [9.17, 15) is 8.42 Å². The summed E-state index contributed by atoms with van der Waals surface area (Å²) in [5.41, 5.74) is 2.47. The molecule has 0 aliphatic carbocycles. The van der Waals surface area contributed by atoms with Gasteiger partial charge >= 0.3 is 0 Å². The van der Waals surface area contributed by atoms with Gasteiger partial charge in [-0.05, 0) is 25.8 Å². The van der Waals surface area contributed by atoms with Gasteiger partial charge in [0.2, 0.25) is 10.0 Å². The van der Waals surface area contributed by atoms with E-state index in [1.54, 1.807) is 21.0 Å². The van der Waals surface area contributed by atoms with Gasteiger partial charge in [0.1, 0.15) is 0 Å². The van der Waals surface area contributed by atoms with Crippen LogP contribution in [0.4, 0.5) is 0 Å². The zero-order valence-corrected chi connectivity index (χ0v) is 16.2. The van der Waals surface area contributed by atoms with Crippen molar-refractivity contribution in [1.29, 1.82) is 0 Å². The van der Waals surface area contributed by atoms with E-state index in [0.717, 1.165) is 18.9 Å². The normalized spacial score (nSPS) is 12.5. The Kier molecular flexibility index (Phi) is 8.21. The van der Waals surface area contributed by atoms with E-state index in [1.165, 1.54) is 15.4 Å². The van der Waals surface area contributed by atoms with Gasteiger partial charge in [-0.2, -0.15) is 0 Å². The van der Waals surface area contributed by atoms with Crippen LogP contribution in [0.25, 0.3) is 0 Å². The summed E-state index contributed by atoms with van der Waals surface area (Å²) in [4.78, 5) is 6.34. The van der Waals surface area contributed by atoms with Crippen LogP contribution < -0.4 is 5.32 Å². The average molecular weight is 355 g/mol. The molecule has 1 rings (SSSR count). The molecule has 0 aliphatic rings. The maximum atomic E-state index is 11.7. The fraction of sp³-hybridized carbons (Fsp3) is 0.588. The Bertz CT molecular complexity index is 626. The van der Waals surface area contributed by atoms with Crippen molar-refractivity contribution in [2.75, 3.05) is 40.0 Å². The zero-order chi connectivity index (χ0) is 18.2. The molecule has 0 heterocycles. The van der Waals surface area contributed by atoms with Crippen LogP contribution in [0, 0.1) is 6.92 Å². The molecular formula is C17H30N4O2S. The second-order valence-corrected chi connectivity index (χ2v) is 8.26. The van der Waals surface area contributed by atoms with Crippen LogP contribution in [-0.2, 0) is 16.6 Å². The number of benzene rings is 1. The molecule has 0 saturated carbocycles. The highest BCUT2D eigenvalue weighted by Gasteiger charge is 2.14. The summed E-state index contributed by atoms with van der Waals surface area (Å²) in [6.45, 7) is 5.68. The van der Waals surface area contributed by atoms with E-state index in [2.05, 4.69) is 46.4 Å². The molecule has 1 aromatic rings. The van der Waals surface area contributed by atoms with Crippen LogP contribution in [0.2, 0.25) is 0 Å². The molecule has 0 saturated heterocycles. The lowest BCUT2D eigenvalue weighted by Crippen LogP contribution is -2.40. The number of aryl methyl sites for hydroxylation is 1. The van der Waals surface area contributed by atoms with Crippen LogP contribution >= 0.6 is 0 Å². The number of hydrogen-bond acceptors (Lipinski definition) is 3. The number of aliphatic imine (C=N–C) groups is 1. The van der Waals surface area contributed by atoms with Crippen LogP contribution in [-0.4, -0.2) is 63.6 Å². The Hall–Kier alpha value is -1.60. The molecule has 0 radical (unpaired) electrons. The highest BCUT2D eigenvalue weighted by atomic mass is 32.2. The minimum Gasteiger partial charge on any atom is -0.356 e. The summed E-state index contributed by atoms with van der Waals surface area (Å²) in [5.74, 6) is 0.939. The van der Waals surface area contributed by atoms with E-state index < -0.39 is 10.0 Å². The van der Waals surface area contributed by atoms with E-state index in [0.29, 0.717) is 13.1 Å². The minimum atomic E-state index is -3.10. The first-order valence-corrected chi connectivity index (χ1v) is 9.82. The molecule has 1 N–H and O–H groups in total. The molecule has 136 valence electrons. The van der Waals surface area contributed by atoms with Crippen molar-refractivity contribution >= 4 is 16.0 Å². The lowest BCUT2D eigenvalue weighted by atomic mass is 10.1. The van der Waals surface area contributed by atoms with Gasteiger partial charge in [-0.3, -0.25) is 4.99 Å². The average Bonchev–Trinajstić information content (AvgIpc) is 2.56. The Labute approximate surface area is 146 Å².